The van der Waals surface area contributed by atoms with E-state index in [1.807, 2.05) is 6.92 Å². The summed E-state index contributed by atoms with van der Waals surface area (Å²) in [6.45, 7) is 4.83. The monoisotopic (exact) mass is 229 g/mol. The lowest BCUT2D eigenvalue weighted by Gasteiger charge is -2.28. The van der Waals surface area contributed by atoms with Crippen LogP contribution in [-0.4, -0.2) is 41.2 Å². The largest absolute Gasteiger partial charge is 0.424 e. The summed E-state index contributed by atoms with van der Waals surface area (Å²) in [7, 11) is 1.63. The molecule has 1 atom stereocenters. The van der Waals surface area contributed by atoms with Crippen LogP contribution in [0, 0.1) is 6.92 Å². The number of aromatic nitrogens is 2. The fourth-order valence-corrected chi connectivity index (χ4v) is 1.47. The predicted octanol–water partition coefficient (Wildman–Crippen LogP) is 0.255. The Morgan fingerprint density at radius 3 is 2.75 bits per heavy atom. The van der Waals surface area contributed by atoms with Crippen molar-refractivity contribution < 1.29 is 14.3 Å². The molecule has 0 aromatic carbocycles. The van der Waals surface area contributed by atoms with Gasteiger partial charge in [-0.15, -0.1) is 10.2 Å². The maximum absolute atomic E-state index is 8.98. The van der Waals surface area contributed by atoms with Gasteiger partial charge < -0.3 is 19.6 Å². The summed E-state index contributed by atoms with van der Waals surface area (Å²) in [6, 6.07) is 0. The molecular weight excluding hydrogens is 210 g/mol. The fourth-order valence-electron chi connectivity index (χ4n) is 1.47. The third-order valence-electron chi connectivity index (χ3n) is 2.36. The Kier molecular flexibility index (Phi) is 4.85. The third-order valence-corrected chi connectivity index (χ3v) is 2.36. The fraction of sp³-hybridized carbons (Fsp3) is 0.800. The van der Waals surface area contributed by atoms with E-state index in [9.17, 15) is 0 Å². The first-order chi connectivity index (χ1) is 7.59. The number of aliphatic hydroxyl groups is 1. The molecule has 0 radical (unpaired) electrons. The van der Waals surface area contributed by atoms with E-state index >= 15 is 0 Å². The van der Waals surface area contributed by atoms with Crippen molar-refractivity contribution in [3.8, 4) is 0 Å². The minimum atomic E-state index is -0.286. The summed E-state index contributed by atoms with van der Waals surface area (Å²) in [5, 5.41) is 19.9. The molecule has 92 valence electrons. The van der Waals surface area contributed by atoms with Crippen molar-refractivity contribution in [2.45, 2.75) is 32.4 Å². The first-order valence-electron chi connectivity index (χ1n) is 5.23. The van der Waals surface area contributed by atoms with Crippen molar-refractivity contribution in [2.24, 2.45) is 0 Å². The molecule has 0 aliphatic rings. The number of rotatable bonds is 7. The minimum absolute atomic E-state index is 0.107. The van der Waals surface area contributed by atoms with Crippen molar-refractivity contribution >= 4 is 0 Å². The molecule has 0 amide bonds. The molecule has 0 aliphatic carbocycles. The molecule has 0 bridgehead atoms. The smallest absolute Gasteiger partial charge is 0.230 e. The van der Waals surface area contributed by atoms with Crippen LogP contribution in [0.4, 0.5) is 0 Å². The van der Waals surface area contributed by atoms with Crippen molar-refractivity contribution in [2.75, 3.05) is 20.3 Å². The van der Waals surface area contributed by atoms with Gasteiger partial charge in [0, 0.05) is 26.2 Å². The lowest BCUT2D eigenvalue weighted by molar-refractivity contribution is 0.0952. The molecule has 1 aromatic rings. The third kappa shape index (κ3) is 3.88. The summed E-state index contributed by atoms with van der Waals surface area (Å²) in [5.41, 5.74) is -0.286. The molecule has 0 spiro atoms. The Morgan fingerprint density at radius 2 is 2.25 bits per heavy atom. The van der Waals surface area contributed by atoms with E-state index in [2.05, 4.69) is 15.5 Å². The molecule has 2 N–H and O–H groups in total. The second-order valence-corrected chi connectivity index (χ2v) is 4.04. The Hall–Kier alpha value is -0.980. The summed E-state index contributed by atoms with van der Waals surface area (Å²) >= 11 is 0. The zero-order valence-corrected chi connectivity index (χ0v) is 9.99. The minimum Gasteiger partial charge on any atom is -0.424 e. The van der Waals surface area contributed by atoms with Crippen LogP contribution < -0.4 is 5.32 Å². The number of aryl methyl sites for hydroxylation is 1. The van der Waals surface area contributed by atoms with Crippen LogP contribution in [0.1, 0.15) is 25.1 Å². The van der Waals surface area contributed by atoms with Crippen LogP contribution >= 0.6 is 0 Å². The first-order valence-corrected chi connectivity index (χ1v) is 5.23. The van der Waals surface area contributed by atoms with Crippen molar-refractivity contribution in [1.29, 1.82) is 0 Å². The van der Waals surface area contributed by atoms with Gasteiger partial charge in [0.2, 0.25) is 11.8 Å². The molecule has 0 fully saturated rings. The van der Waals surface area contributed by atoms with Crippen LogP contribution in [-0.2, 0) is 11.3 Å². The van der Waals surface area contributed by atoms with Gasteiger partial charge in [-0.05, 0) is 13.3 Å². The second kappa shape index (κ2) is 5.93. The number of ether oxygens (including phenoxy) is 1. The molecule has 1 rings (SSSR count). The zero-order valence-electron chi connectivity index (χ0n) is 9.99. The summed E-state index contributed by atoms with van der Waals surface area (Å²) in [5.74, 6) is 1.09. The van der Waals surface area contributed by atoms with Crippen LogP contribution in [0.5, 0.6) is 0 Å². The number of hydrogen-bond donors (Lipinski definition) is 2. The molecule has 6 heteroatoms. The number of hydrogen-bond acceptors (Lipinski definition) is 6. The quantitative estimate of drug-likeness (QED) is 0.698. The van der Waals surface area contributed by atoms with Crippen LogP contribution in [0.25, 0.3) is 0 Å². The number of aliphatic hydroxyl groups excluding tert-OH is 1. The van der Waals surface area contributed by atoms with Gasteiger partial charge in [0.15, 0.2) is 0 Å². The van der Waals surface area contributed by atoms with E-state index in [4.69, 9.17) is 14.3 Å². The van der Waals surface area contributed by atoms with Crippen LogP contribution in [0.15, 0.2) is 4.42 Å². The lowest BCUT2D eigenvalue weighted by atomic mass is 9.99. The lowest BCUT2D eigenvalue weighted by Crippen LogP contribution is -2.46. The van der Waals surface area contributed by atoms with Gasteiger partial charge in [0.25, 0.3) is 0 Å². The molecule has 16 heavy (non-hydrogen) atoms. The highest BCUT2D eigenvalue weighted by molar-refractivity contribution is 4.86. The highest BCUT2D eigenvalue weighted by atomic mass is 16.5. The van der Waals surface area contributed by atoms with E-state index in [-0.39, 0.29) is 12.1 Å². The standard InChI is InChI=1S/C10H19N3O3/c1-8-12-13-9(16-8)6-11-10(2,4-5-14)7-15-3/h11,14H,4-7H2,1-3H3. The van der Waals surface area contributed by atoms with E-state index in [0.717, 1.165) is 0 Å². The van der Waals surface area contributed by atoms with Gasteiger partial charge in [-0.3, -0.25) is 0 Å². The Bertz CT molecular complexity index is 308. The van der Waals surface area contributed by atoms with Gasteiger partial charge in [-0.2, -0.15) is 0 Å². The normalized spacial score (nSPS) is 15.0. The Balaban J connectivity index is 2.49. The Labute approximate surface area is 95.0 Å². The summed E-state index contributed by atoms with van der Waals surface area (Å²) in [6.07, 6.45) is 0.605. The molecule has 6 nitrogen and oxygen atoms in total. The van der Waals surface area contributed by atoms with Crippen molar-refractivity contribution in [1.82, 2.24) is 15.5 Å². The number of nitrogens with one attached hydrogen (secondary N) is 1. The topological polar surface area (TPSA) is 80.4 Å². The second-order valence-electron chi connectivity index (χ2n) is 4.04. The maximum atomic E-state index is 8.98. The van der Waals surface area contributed by atoms with E-state index in [1.165, 1.54) is 0 Å². The molecule has 1 unspecified atom stereocenters. The first kappa shape index (κ1) is 13.1. The average molecular weight is 229 g/mol. The Morgan fingerprint density at radius 1 is 1.50 bits per heavy atom. The molecule has 0 saturated carbocycles. The van der Waals surface area contributed by atoms with Crippen LogP contribution in [0.2, 0.25) is 0 Å². The number of methoxy groups -OCH3 is 1. The van der Waals surface area contributed by atoms with Gasteiger partial charge in [-0.1, -0.05) is 0 Å². The maximum Gasteiger partial charge on any atom is 0.230 e. The van der Waals surface area contributed by atoms with Gasteiger partial charge >= 0.3 is 0 Å². The van der Waals surface area contributed by atoms with Crippen LogP contribution in [0.3, 0.4) is 0 Å². The molecule has 0 saturated heterocycles. The van der Waals surface area contributed by atoms with Crippen molar-refractivity contribution in [3.05, 3.63) is 11.8 Å². The van der Waals surface area contributed by atoms with E-state index < -0.39 is 0 Å². The predicted molar refractivity (Wildman–Crippen MR) is 57.9 cm³/mol. The highest BCUT2D eigenvalue weighted by Crippen LogP contribution is 2.11. The molecule has 0 aliphatic heterocycles. The number of nitrogens with zero attached hydrogens (tertiary/aromatic N) is 2. The van der Waals surface area contributed by atoms with E-state index in [1.54, 1.807) is 14.0 Å². The zero-order chi connectivity index (χ0) is 12.0. The highest BCUT2D eigenvalue weighted by Gasteiger charge is 2.23. The van der Waals surface area contributed by atoms with Crippen molar-refractivity contribution in [3.63, 3.8) is 0 Å². The average Bonchev–Trinajstić information content (AvgIpc) is 2.62. The summed E-state index contributed by atoms with van der Waals surface area (Å²) < 4.78 is 10.4. The van der Waals surface area contributed by atoms with E-state index in [0.29, 0.717) is 31.4 Å². The molecule has 1 heterocycles. The SMILES string of the molecule is COCC(C)(CCO)NCc1nnc(C)o1. The van der Waals surface area contributed by atoms with Gasteiger partial charge in [0.1, 0.15) is 0 Å². The van der Waals surface area contributed by atoms with Gasteiger partial charge in [0.05, 0.1) is 13.2 Å². The summed E-state index contributed by atoms with van der Waals surface area (Å²) in [4.78, 5) is 0. The molecular formula is C10H19N3O3. The van der Waals surface area contributed by atoms with Gasteiger partial charge in [-0.25, -0.2) is 0 Å². The molecule has 1 aromatic heterocycles.